The first-order valence-corrected chi connectivity index (χ1v) is 7.84. The van der Waals surface area contributed by atoms with E-state index in [1.807, 2.05) is 57.0 Å². The number of nitrogens with two attached hydrogens (primary N) is 1. The second-order valence-corrected chi connectivity index (χ2v) is 6.52. The Bertz CT molecular complexity index is 513. The first-order chi connectivity index (χ1) is 10.3. The largest absolute Gasteiger partial charge is 0.494 e. The number of rotatable bonds is 5. The van der Waals surface area contributed by atoms with Crippen molar-refractivity contribution in [2.45, 2.75) is 44.8 Å². The van der Waals surface area contributed by atoms with Crippen molar-refractivity contribution < 1.29 is 9.53 Å². The number of hydrogen-bond donors (Lipinski definition) is 2. The Labute approximate surface area is 132 Å². The predicted molar refractivity (Wildman–Crippen MR) is 87.8 cm³/mol. The van der Waals surface area contributed by atoms with Gasteiger partial charge in [-0.1, -0.05) is 12.1 Å². The number of ether oxygens (including phenoxy) is 1. The minimum Gasteiger partial charge on any atom is -0.494 e. The summed E-state index contributed by atoms with van der Waals surface area (Å²) in [5.74, 6) is 0.879. The van der Waals surface area contributed by atoms with Gasteiger partial charge < -0.3 is 15.8 Å². The highest BCUT2D eigenvalue weighted by atomic mass is 16.5. The fraction of sp³-hybridized carbons (Fsp3) is 0.588. The van der Waals surface area contributed by atoms with Crippen LogP contribution in [0.25, 0.3) is 0 Å². The molecule has 1 aliphatic rings. The van der Waals surface area contributed by atoms with Crippen LogP contribution in [0, 0.1) is 0 Å². The number of amides is 1. The summed E-state index contributed by atoms with van der Waals surface area (Å²) in [5.41, 5.74) is 6.55. The predicted octanol–water partition coefficient (Wildman–Crippen LogP) is 1.47. The van der Waals surface area contributed by atoms with Crippen LogP contribution >= 0.6 is 0 Å². The smallest absolute Gasteiger partial charge is 0.238 e. The van der Waals surface area contributed by atoms with E-state index in [4.69, 9.17) is 10.5 Å². The van der Waals surface area contributed by atoms with E-state index in [0.717, 1.165) is 17.9 Å². The van der Waals surface area contributed by atoms with Crippen LogP contribution in [0.15, 0.2) is 24.3 Å². The second kappa shape index (κ2) is 6.67. The molecule has 1 fully saturated rings. The molecule has 0 unspecified atom stereocenters. The maximum Gasteiger partial charge on any atom is 0.238 e. The number of carbonyl (C=O) groups is 1. The first-order valence-electron chi connectivity index (χ1n) is 7.84. The van der Waals surface area contributed by atoms with Crippen molar-refractivity contribution in [1.29, 1.82) is 0 Å². The van der Waals surface area contributed by atoms with E-state index >= 15 is 0 Å². The summed E-state index contributed by atoms with van der Waals surface area (Å²) in [6.45, 7) is 7.39. The van der Waals surface area contributed by atoms with Gasteiger partial charge in [0.15, 0.2) is 0 Å². The second-order valence-electron chi connectivity index (χ2n) is 6.52. The van der Waals surface area contributed by atoms with E-state index in [1.54, 1.807) is 0 Å². The summed E-state index contributed by atoms with van der Waals surface area (Å²) >= 11 is 0. The lowest BCUT2D eigenvalue weighted by Crippen LogP contribution is -2.49. The number of likely N-dealkylation sites (tertiary alicyclic amines) is 1. The van der Waals surface area contributed by atoms with Gasteiger partial charge >= 0.3 is 0 Å². The Morgan fingerprint density at radius 1 is 1.41 bits per heavy atom. The van der Waals surface area contributed by atoms with Crippen LogP contribution in [0.2, 0.25) is 0 Å². The zero-order valence-electron chi connectivity index (χ0n) is 13.9. The van der Waals surface area contributed by atoms with Gasteiger partial charge in [0, 0.05) is 12.6 Å². The van der Waals surface area contributed by atoms with Crippen molar-refractivity contribution in [3.05, 3.63) is 29.8 Å². The van der Waals surface area contributed by atoms with Crippen molar-refractivity contribution >= 4 is 5.91 Å². The standard InChI is InChI=1S/C17H27N3O2/c1-5-22-14-8-6-12(7-9-14)17(2,3)19-16(21)15-10-13(18)11-20(15)4/h6-9,13,15H,5,10-11,18H2,1-4H3,(H,19,21)/t13-,15-/m0/s1. The summed E-state index contributed by atoms with van der Waals surface area (Å²) < 4.78 is 5.45. The molecule has 1 aromatic carbocycles. The van der Waals surface area contributed by atoms with Gasteiger partial charge in [0.05, 0.1) is 18.2 Å². The molecule has 0 aliphatic carbocycles. The number of nitrogens with zero attached hydrogens (tertiary/aromatic N) is 1. The molecule has 1 saturated heterocycles. The van der Waals surface area contributed by atoms with Gasteiger partial charge in [-0.2, -0.15) is 0 Å². The Morgan fingerprint density at radius 2 is 2.05 bits per heavy atom. The summed E-state index contributed by atoms with van der Waals surface area (Å²) in [6.07, 6.45) is 0.710. The van der Waals surface area contributed by atoms with Gasteiger partial charge in [-0.25, -0.2) is 0 Å². The molecular formula is C17H27N3O2. The fourth-order valence-corrected chi connectivity index (χ4v) is 2.94. The van der Waals surface area contributed by atoms with Crippen LogP contribution in [0.3, 0.4) is 0 Å². The molecule has 2 atom stereocenters. The van der Waals surface area contributed by atoms with Gasteiger partial charge in [0.2, 0.25) is 5.91 Å². The molecule has 5 nitrogen and oxygen atoms in total. The Kier molecular flexibility index (Phi) is 5.08. The van der Waals surface area contributed by atoms with E-state index in [1.165, 1.54) is 0 Å². The third-order valence-corrected chi connectivity index (χ3v) is 4.21. The molecule has 22 heavy (non-hydrogen) atoms. The maximum absolute atomic E-state index is 12.5. The lowest BCUT2D eigenvalue weighted by atomic mass is 9.93. The maximum atomic E-state index is 12.5. The van der Waals surface area contributed by atoms with Crippen LogP contribution in [0.4, 0.5) is 0 Å². The zero-order chi connectivity index (χ0) is 16.3. The van der Waals surface area contributed by atoms with Gasteiger partial charge in [0.25, 0.3) is 0 Å². The summed E-state index contributed by atoms with van der Waals surface area (Å²) in [4.78, 5) is 14.5. The molecule has 0 aromatic heterocycles. The van der Waals surface area contributed by atoms with Crippen LogP contribution in [-0.2, 0) is 10.3 Å². The van der Waals surface area contributed by atoms with Gasteiger partial charge in [-0.05, 0) is 51.9 Å². The van der Waals surface area contributed by atoms with Crippen molar-refractivity contribution in [2.75, 3.05) is 20.2 Å². The van der Waals surface area contributed by atoms with Crippen LogP contribution in [0.1, 0.15) is 32.8 Å². The zero-order valence-corrected chi connectivity index (χ0v) is 13.9. The Morgan fingerprint density at radius 3 is 2.55 bits per heavy atom. The lowest BCUT2D eigenvalue weighted by Gasteiger charge is -2.30. The molecular weight excluding hydrogens is 278 g/mol. The van der Waals surface area contributed by atoms with Crippen molar-refractivity contribution in [1.82, 2.24) is 10.2 Å². The van der Waals surface area contributed by atoms with Crippen LogP contribution in [-0.4, -0.2) is 43.1 Å². The van der Waals surface area contributed by atoms with E-state index in [2.05, 4.69) is 5.32 Å². The fourth-order valence-electron chi connectivity index (χ4n) is 2.94. The molecule has 1 aliphatic heterocycles. The van der Waals surface area contributed by atoms with E-state index in [0.29, 0.717) is 13.0 Å². The molecule has 0 bridgehead atoms. The number of hydrogen-bond acceptors (Lipinski definition) is 4. The Hall–Kier alpha value is -1.59. The number of benzene rings is 1. The monoisotopic (exact) mass is 305 g/mol. The van der Waals surface area contributed by atoms with Crippen molar-refractivity contribution in [3.8, 4) is 5.75 Å². The number of likely N-dealkylation sites (N-methyl/N-ethyl adjacent to an activating group) is 1. The summed E-state index contributed by atoms with van der Waals surface area (Å²) in [6, 6.07) is 7.80. The lowest BCUT2D eigenvalue weighted by molar-refractivity contribution is -0.126. The quantitative estimate of drug-likeness (QED) is 0.864. The third-order valence-electron chi connectivity index (χ3n) is 4.21. The molecule has 1 heterocycles. The average molecular weight is 305 g/mol. The van der Waals surface area contributed by atoms with E-state index < -0.39 is 5.54 Å². The molecule has 3 N–H and O–H groups in total. The Balaban J connectivity index is 2.05. The highest BCUT2D eigenvalue weighted by molar-refractivity contribution is 5.83. The minimum absolute atomic E-state index is 0.0364. The first kappa shape index (κ1) is 16.8. The van der Waals surface area contributed by atoms with Gasteiger partial charge in [0.1, 0.15) is 5.75 Å². The van der Waals surface area contributed by atoms with Crippen molar-refractivity contribution in [2.24, 2.45) is 5.73 Å². The number of nitrogens with one attached hydrogen (secondary N) is 1. The molecule has 5 heteroatoms. The van der Waals surface area contributed by atoms with Gasteiger partial charge in [-0.15, -0.1) is 0 Å². The molecule has 0 radical (unpaired) electrons. The highest BCUT2D eigenvalue weighted by Crippen LogP contribution is 2.24. The summed E-state index contributed by atoms with van der Waals surface area (Å²) in [7, 11) is 1.95. The number of carbonyl (C=O) groups excluding carboxylic acids is 1. The molecule has 1 aromatic rings. The topological polar surface area (TPSA) is 67.6 Å². The van der Waals surface area contributed by atoms with Crippen LogP contribution < -0.4 is 15.8 Å². The van der Waals surface area contributed by atoms with E-state index in [-0.39, 0.29) is 18.0 Å². The van der Waals surface area contributed by atoms with Crippen molar-refractivity contribution in [3.63, 3.8) is 0 Å². The highest BCUT2D eigenvalue weighted by Gasteiger charge is 2.35. The molecule has 0 spiro atoms. The van der Waals surface area contributed by atoms with Crippen LogP contribution in [0.5, 0.6) is 5.75 Å². The summed E-state index contributed by atoms with van der Waals surface area (Å²) in [5, 5.41) is 3.14. The third kappa shape index (κ3) is 3.78. The van der Waals surface area contributed by atoms with Gasteiger partial charge in [-0.3, -0.25) is 9.69 Å². The normalized spacial score (nSPS) is 22.6. The molecule has 2 rings (SSSR count). The molecule has 1 amide bonds. The SMILES string of the molecule is CCOc1ccc(C(C)(C)NC(=O)[C@@H]2C[C@H](N)CN2C)cc1. The molecule has 122 valence electrons. The minimum atomic E-state index is -0.435. The van der Waals surface area contributed by atoms with E-state index in [9.17, 15) is 4.79 Å². The molecule has 0 saturated carbocycles. The average Bonchev–Trinajstić information content (AvgIpc) is 2.78.